The van der Waals surface area contributed by atoms with Gasteiger partial charge < -0.3 is 5.32 Å². The summed E-state index contributed by atoms with van der Waals surface area (Å²) in [4.78, 5) is 24.4. The first kappa shape index (κ1) is 28.0. The first-order valence-electron chi connectivity index (χ1n) is 11.4. The Labute approximate surface area is 214 Å². The van der Waals surface area contributed by atoms with Crippen LogP contribution in [-0.2, 0) is 29.2 Å². The van der Waals surface area contributed by atoms with Crippen LogP contribution in [0.2, 0.25) is 0 Å². The summed E-state index contributed by atoms with van der Waals surface area (Å²) in [5.74, 6) is -0.338. The molecule has 12 heteroatoms. The lowest BCUT2D eigenvalue weighted by atomic mass is 9.99. The molecule has 3 rings (SSSR count). The third-order valence-corrected chi connectivity index (χ3v) is 6.77. The standard InChI is InChI=1S/C25H28F3N5O3S/c1-15(2)22(34)18-10-7-17(8-11-18)12-21-29-14-20(25(26,27)28)23(32-21)30-13-19-9-6-16(3)31-24(19)33(4)37(5,35)36/h6-11,14-15H,12-13H2,1-5H3,(H,29,30,32). The van der Waals surface area contributed by atoms with E-state index in [4.69, 9.17) is 0 Å². The zero-order valence-electron chi connectivity index (χ0n) is 21.1. The second-order valence-electron chi connectivity index (χ2n) is 8.96. The number of pyridine rings is 1. The molecule has 2 heterocycles. The number of nitrogens with one attached hydrogen (secondary N) is 1. The molecule has 8 nitrogen and oxygen atoms in total. The molecule has 0 aliphatic heterocycles. The summed E-state index contributed by atoms with van der Waals surface area (Å²) in [6, 6.07) is 10.0. The van der Waals surface area contributed by atoms with Crippen molar-refractivity contribution in [2.75, 3.05) is 22.9 Å². The van der Waals surface area contributed by atoms with Crippen molar-refractivity contribution in [1.29, 1.82) is 0 Å². The molecule has 0 saturated heterocycles. The first-order valence-corrected chi connectivity index (χ1v) is 13.2. The number of aryl methyl sites for hydroxylation is 1. The van der Waals surface area contributed by atoms with E-state index < -0.39 is 27.6 Å². The lowest BCUT2D eigenvalue weighted by molar-refractivity contribution is -0.137. The number of carbonyl (C=O) groups is 1. The van der Waals surface area contributed by atoms with Gasteiger partial charge in [0.25, 0.3) is 0 Å². The number of sulfonamides is 1. The number of halogens is 3. The molecule has 0 atom stereocenters. The third kappa shape index (κ3) is 7.03. The molecular formula is C25H28F3N5O3S. The minimum atomic E-state index is -4.71. The van der Waals surface area contributed by atoms with Gasteiger partial charge in [-0.1, -0.05) is 44.2 Å². The van der Waals surface area contributed by atoms with Crippen LogP contribution < -0.4 is 9.62 Å². The van der Waals surface area contributed by atoms with Crippen LogP contribution in [0.15, 0.2) is 42.6 Å². The van der Waals surface area contributed by atoms with Gasteiger partial charge >= 0.3 is 6.18 Å². The molecule has 1 aromatic carbocycles. The Kier molecular flexibility index (Phi) is 8.21. The Morgan fingerprint density at radius 1 is 1.08 bits per heavy atom. The van der Waals surface area contributed by atoms with Gasteiger partial charge in [-0.3, -0.25) is 9.10 Å². The van der Waals surface area contributed by atoms with E-state index in [1.165, 1.54) is 7.05 Å². The second-order valence-corrected chi connectivity index (χ2v) is 11.0. The number of benzene rings is 1. The molecule has 1 N–H and O–H groups in total. The Hall–Kier alpha value is -3.54. The zero-order valence-corrected chi connectivity index (χ0v) is 21.9. The van der Waals surface area contributed by atoms with Crippen molar-refractivity contribution < 1.29 is 26.4 Å². The van der Waals surface area contributed by atoms with Gasteiger partial charge in [-0.05, 0) is 18.6 Å². The lowest BCUT2D eigenvalue weighted by Crippen LogP contribution is -2.27. The molecule has 3 aromatic rings. The molecule has 0 aliphatic rings. The molecule has 0 unspecified atom stereocenters. The summed E-state index contributed by atoms with van der Waals surface area (Å²) in [6.45, 7) is 5.12. The molecular weight excluding hydrogens is 507 g/mol. The number of hydrogen-bond donors (Lipinski definition) is 1. The molecule has 2 aromatic heterocycles. The lowest BCUT2D eigenvalue weighted by Gasteiger charge is -2.20. The average Bonchev–Trinajstić information content (AvgIpc) is 2.81. The molecule has 0 saturated carbocycles. The van der Waals surface area contributed by atoms with Gasteiger partial charge in [0.05, 0.1) is 6.26 Å². The molecule has 0 radical (unpaired) electrons. The van der Waals surface area contributed by atoms with Crippen LogP contribution in [0.5, 0.6) is 0 Å². The topological polar surface area (TPSA) is 105 Å². The first-order chi connectivity index (χ1) is 17.2. The van der Waals surface area contributed by atoms with E-state index in [-0.39, 0.29) is 36.3 Å². The number of carbonyl (C=O) groups excluding carboxylic acids is 1. The smallest absolute Gasteiger partial charge is 0.365 e. The summed E-state index contributed by atoms with van der Waals surface area (Å²) in [6.07, 6.45) is -2.83. The monoisotopic (exact) mass is 535 g/mol. The third-order valence-electron chi connectivity index (χ3n) is 5.61. The maximum Gasteiger partial charge on any atom is 0.421 e. The van der Waals surface area contributed by atoms with Crippen molar-refractivity contribution >= 4 is 27.4 Å². The van der Waals surface area contributed by atoms with Crippen LogP contribution in [0.4, 0.5) is 24.8 Å². The Bertz CT molecular complexity index is 1390. The fourth-order valence-corrected chi connectivity index (χ4v) is 3.94. The van der Waals surface area contributed by atoms with Crippen LogP contribution in [0.1, 0.15) is 52.4 Å². The summed E-state index contributed by atoms with van der Waals surface area (Å²) in [5, 5.41) is 2.69. The Morgan fingerprint density at radius 3 is 2.30 bits per heavy atom. The molecule has 0 fully saturated rings. The van der Waals surface area contributed by atoms with Crippen molar-refractivity contribution in [3.05, 3.63) is 76.4 Å². The van der Waals surface area contributed by atoms with Gasteiger partial charge in [-0.25, -0.2) is 23.4 Å². The molecule has 0 aliphatic carbocycles. The highest BCUT2D eigenvalue weighted by atomic mass is 32.2. The largest absolute Gasteiger partial charge is 0.421 e. The SMILES string of the molecule is Cc1ccc(CNc2nc(Cc3ccc(C(=O)C(C)C)cc3)ncc2C(F)(F)F)c(N(C)S(C)(=O)=O)n1. The van der Waals surface area contributed by atoms with Crippen LogP contribution in [0, 0.1) is 12.8 Å². The molecule has 198 valence electrons. The number of alkyl halides is 3. The van der Waals surface area contributed by atoms with Gasteiger partial charge in [-0.15, -0.1) is 0 Å². The predicted octanol–water partition coefficient (Wildman–Crippen LogP) is 4.64. The number of rotatable bonds is 9. The second kappa shape index (κ2) is 10.8. The summed E-state index contributed by atoms with van der Waals surface area (Å²) >= 11 is 0. The molecule has 0 amide bonds. The number of ketones is 1. The normalized spacial score (nSPS) is 12.0. The van der Waals surface area contributed by atoms with Gasteiger partial charge in [0.15, 0.2) is 5.78 Å². The van der Waals surface area contributed by atoms with Gasteiger partial charge in [0.1, 0.15) is 23.0 Å². The van der Waals surface area contributed by atoms with E-state index in [1.54, 1.807) is 57.2 Å². The fraction of sp³-hybridized carbons (Fsp3) is 0.360. The highest BCUT2D eigenvalue weighted by Crippen LogP contribution is 2.34. The summed E-state index contributed by atoms with van der Waals surface area (Å²) in [7, 11) is -2.32. The molecule has 37 heavy (non-hydrogen) atoms. The quantitative estimate of drug-likeness (QED) is 0.398. The Balaban J connectivity index is 1.90. The van der Waals surface area contributed by atoms with E-state index in [2.05, 4.69) is 20.3 Å². The zero-order chi connectivity index (χ0) is 27.5. The molecule has 0 bridgehead atoms. The van der Waals surface area contributed by atoms with E-state index in [1.807, 2.05) is 0 Å². The predicted molar refractivity (Wildman–Crippen MR) is 135 cm³/mol. The van der Waals surface area contributed by atoms with Crippen molar-refractivity contribution in [2.45, 2.75) is 39.9 Å². The number of nitrogens with zero attached hydrogens (tertiary/aromatic N) is 4. The van der Waals surface area contributed by atoms with Crippen LogP contribution in [-0.4, -0.2) is 42.5 Å². The maximum absolute atomic E-state index is 13.7. The number of aromatic nitrogens is 3. The van der Waals surface area contributed by atoms with Crippen molar-refractivity contribution in [3.63, 3.8) is 0 Å². The van der Waals surface area contributed by atoms with Crippen molar-refractivity contribution in [2.24, 2.45) is 5.92 Å². The van der Waals surface area contributed by atoms with Crippen molar-refractivity contribution in [3.8, 4) is 0 Å². The number of hydrogen-bond acceptors (Lipinski definition) is 7. The van der Waals surface area contributed by atoms with E-state index in [0.29, 0.717) is 16.8 Å². The highest BCUT2D eigenvalue weighted by Gasteiger charge is 2.35. The average molecular weight is 536 g/mol. The van der Waals surface area contributed by atoms with Crippen LogP contribution >= 0.6 is 0 Å². The van der Waals surface area contributed by atoms with E-state index in [9.17, 15) is 26.4 Å². The summed E-state index contributed by atoms with van der Waals surface area (Å²) < 4.78 is 66.1. The highest BCUT2D eigenvalue weighted by molar-refractivity contribution is 7.92. The van der Waals surface area contributed by atoms with Gasteiger partial charge in [0.2, 0.25) is 10.0 Å². The van der Waals surface area contributed by atoms with Gasteiger partial charge in [0, 0.05) is 48.9 Å². The fourth-order valence-electron chi connectivity index (χ4n) is 3.47. The summed E-state index contributed by atoms with van der Waals surface area (Å²) in [5.41, 5.74) is 1.15. The van der Waals surface area contributed by atoms with E-state index in [0.717, 1.165) is 22.3 Å². The van der Waals surface area contributed by atoms with Gasteiger partial charge in [-0.2, -0.15) is 13.2 Å². The molecule has 0 spiro atoms. The van der Waals surface area contributed by atoms with Crippen LogP contribution in [0.25, 0.3) is 0 Å². The Morgan fingerprint density at radius 2 is 1.73 bits per heavy atom. The maximum atomic E-state index is 13.7. The number of anilines is 2. The minimum absolute atomic E-state index is 0.00435. The minimum Gasteiger partial charge on any atom is -0.365 e. The van der Waals surface area contributed by atoms with Crippen molar-refractivity contribution in [1.82, 2.24) is 15.0 Å². The van der Waals surface area contributed by atoms with E-state index >= 15 is 0 Å². The van der Waals surface area contributed by atoms with Crippen LogP contribution in [0.3, 0.4) is 0 Å². The number of Topliss-reactive ketones (excluding diaryl/α,β-unsaturated/α-hetero) is 1.